The lowest BCUT2D eigenvalue weighted by atomic mass is 9.84. The number of hydrogen-bond acceptors (Lipinski definition) is 3. The molecule has 0 aromatic heterocycles. The predicted molar refractivity (Wildman–Crippen MR) is 79.3 cm³/mol. The van der Waals surface area contributed by atoms with Crippen molar-refractivity contribution in [2.24, 2.45) is 5.73 Å². The van der Waals surface area contributed by atoms with Gasteiger partial charge in [-0.1, -0.05) is 6.07 Å². The van der Waals surface area contributed by atoms with Crippen molar-refractivity contribution in [1.29, 1.82) is 0 Å². The van der Waals surface area contributed by atoms with Gasteiger partial charge in [-0.05, 0) is 44.9 Å². The van der Waals surface area contributed by atoms with Crippen LogP contribution in [0.3, 0.4) is 0 Å². The second-order valence-electron chi connectivity index (χ2n) is 6.21. The molecule has 2 N–H and O–H groups in total. The van der Waals surface area contributed by atoms with Crippen LogP contribution in [0.5, 0.6) is 0 Å². The minimum absolute atomic E-state index is 0.198. The first-order valence-electron chi connectivity index (χ1n) is 7.19. The molecule has 1 unspecified atom stereocenters. The van der Waals surface area contributed by atoms with Crippen LogP contribution in [0, 0.1) is 19.7 Å². The molecule has 1 aromatic rings. The monoisotopic (exact) mass is 280 g/mol. The Bertz CT molecular complexity index is 458. The van der Waals surface area contributed by atoms with E-state index in [-0.39, 0.29) is 17.4 Å². The van der Waals surface area contributed by atoms with Crippen molar-refractivity contribution in [2.45, 2.75) is 39.3 Å². The first kappa shape index (κ1) is 15.4. The molecule has 0 radical (unpaired) electrons. The van der Waals surface area contributed by atoms with Crippen molar-refractivity contribution in [2.75, 3.05) is 26.3 Å². The van der Waals surface area contributed by atoms with Crippen LogP contribution in [-0.4, -0.2) is 36.7 Å². The lowest BCUT2D eigenvalue weighted by Crippen LogP contribution is -2.55. The van der Waals surface area contributed by atoms with E-state index >= 15 is 0 Å². The molecule has 2 rings (SSSR count). The molecule has 1 saturated heterocycles. The topological polar surface area (TPSA) is 38.5 Å². The average molecular weight is 280 g/mol. The third kappa shape index (κ3) is 2.87. The first-order chi connectivity index (χ1) is 9.34. The van der Waals surface area contributed by atoms with Gasteiger partial charge >= 0.3 is 0 Å². The van der Waals surface area contributed by atoms with Crippen LogP contribution >= 0.6 is 0 Å². The summed E-state index contributed by atoms with van der Waals surface area (Å²) in [5, 5.41) is 0. The number of nitrogens with two attached hydrogens (primary N) is 1. The molecular weight excluding hydrogens is 255 g/mol. The maximum absolute atomic E-state index is 14.3. The van der Waals surface area contributed by atoms with Crippen LogP contribution in [0.1, 0.15) is 36.6 Å². The number of halogens is 1. The number of ether oxygens (including phenoxy) is 1. The van der Waals surface area contributed by atoms with Gasteiger partial charge in [-0.15, -0.1) is 0 Å². The quantitative estimate of drug-likeness (QED) is 0.925. The van der Waals surface area contributed by atoms with Gasteiger partial charge in [-0.25, -0.2) is 4.39 Å². The predicted octanol–water partition coefficient (Wildman–Crippen LogP) is 2.55. The molecule has 1 fully saturated rings. The summed E-state index contributed by atoms with van der Waals surface area (Å²) in [5.74, 6) is -0.198. The Morgan fingerprint density at radius 1 is 1.25 bits per heavy atom. The summed E-state index contributed by atoms with van der Waals surface area (Å²) < 4.78 is 19.7. The second-order valence-corrected chi connectivity index (χ2v) is 6.21. The third-order valence-electron chi connectivity index (χ3n) is 4.38. The Morgan fingerprint density at radius 2 is 1.85 bits per heavy atom. The highest BCUT2D eigenvalue weighted by atomic mass is 19.1. The Kier molecular flexibility index (Phi) is 4.47. The van der Waals surface area contributed by atoms with Crippen molar-refractivity contribution in [3.63, 3.8) is 0 Å². The number of rotatable bonds is 3. The standard InChI is InChI=1S/C16H25FN2O/c1-11-9-12(2)14(13(17)10-11)15(18)16(3,4)19-5-7-20-8-6-19/h9-10,15H,5-8,18H2,1-4H3. The molecule has 0 bridgehead atoms. The molecule has 1 aromatic carbocycles. The fraction of sp³-hybridized carbons (Fsp3) is 0.625. The summed E-state index contributed by atoms with van der Waals surface area (Å²) in [6.07, 6.45) is 0. The Labute approximate surface area is 120 Å². The van der Waals surface area contributed by atoms with Crippen molar-refractivity contribution in [1.82, 2.24) is 4.90 Å². The van der Waals surface area contributed by atoms with E-state index in [4.69, 9.17) is 10.5 Å². The van der Waals surface area contributed by atoms with E-state index in [0.29, 0.717) is 18.8 Å². The number of aryl methyl sites for hydroxylation is 2. The molecular formula is C16H25FN2O. The van der Waals surface area contributed by atoms with Crippen molar-refractivity contribution >= 4 is 0 Å². The Hall–Kier alpha value is -0.970. The van der Waals surface area contributed by atoms with Crippen LogP contribution in [0.4, 0.5) is 4.39 Å². The summed E-state index contributed by atoms with van der Waals surface area (Å²) in [5.41, 5.74) is 8.62. The SMILES string of the molecule is Cc1cc(C)c(C(N)C(C)(C)N2CCOCC2)c(F)c1. The van der Waals surface area contributed by atoms with Crippen LogP contribution < -0.4 is 5.73 Å². The number of nitrogens with zero attached hydrogens (tertiary/aromatic N) is 1. The minimum Gasteiger partial charge on any atom is -0.379 e. The van der Waals surface area contributed by atoms with Gasteiger partial charge in [0.05, 0.1) is 19.3 Å². The average Bonchev–Trinajstić information content (AvgIpc) is 2.38. The van der Waals surface area contributed by atoms with E-state index in [1.165, 1.54) is 0 Å². The normalized spacial score (nSPS) is 19.1. The zero-order chi connectivity index (χ0) is 14.9. The molecule has 3 nitrogen and oxygen atoms in total. The summed E-state index contributed by atoms with van der Waals surface area (Å²) in [7, 11) is 0. The van der Waals surface area contributed by atoms with E-state index in [1.54, 1.807) is 6.07 Å². The van der Waals surface area contributed by atoms with Crippen LogP contribution in [-0.2, 0) is 4.74 Å². The minimum atomic E-state index is -0.360. The first-order valence-corrected chi connectivity index (χ1v) is 7.19. The number of morpholine rings is 1. The fourth-order valence-corrected chi connectivity index (χ4v) is 3.01. The van der Waals surface area contributed by atoms with Gasteiger partial charge in [-0.3, -0.25) is 4.90 Å². The summed E-state index contributed by atoms with van der Waals surface area (Å²) in [4.78, 5) is 2.29. The van der Waals surface area contributed by atoms with E-state index in [0.717, 1.165) is 24.2 Å². The van der Waals surface area contributed by atoms with Gasteiger partial charge in [0.2, 0.25) is 0 Å². The molecule has 1 atom stereocenters. The molecule has 4 heteroatoms. The maximum Gasteiger partial charge on any atom is 0.128 e. The van der Waals surface area contributed by atoms with E-state index < -0.39 is 0 Å². The molecule has 0 saturated carbocycles. The highest BCUT2D eigenvalue weighted by Crippen LogP contribution is 2.33. The smallest absolute Gasteiger partial charge is 0.128 e. The lowest BCUT2D eigenvalue weighted by Gasteiger charge is -2.45. The molecule has 1 aliphatic heterocycles. The molecule has 0 spiro atoms. The van der Waals surface area contributed by atoms with Gasteiger partial charge in [0.15, 0.2) is 0 Å². The third-order valence-corrected chi connectivity index (χ3v) is 4.38. The molecule has 0 aliphatic carbocycles. The summed E-state index contributed by atoms with van der Waals surface area (Å²) in [6.45, 7) is 11.1. The van der Waals surface area contributed by atoms with Crippen molar-refractivity contribution in [3.8, 4) is 0 Å². The number of benzene rings is 1. The highest BCUT2D eigenvalue weighted by molar-refractivity contribution is 5.36. The van der Waals surface area contributed by atoms with E-state index in [1.807, 2.05) is 19.9 Å². The summed E-state index contributed by atoms with van der Waals surface area (Å²) >= 11 is 0. The van der Waals surface area contributed by atoms with Crippen molar-refractivity contribution in [3.05, 3.63) is 34.6 Å². The van der Waals surface area contributed by atoms with Crippen LogP contribution in [0.25, 0.3) is 0 Å². The maximum atomic E-state index is 14.3. The highest BCUT2D eigenvalue weighted by Gasteiger charge is 2.36. The van der Waals surface area contributed by atoms with Gasteiger partial charge in [0, 0.05) is 24.2 Å². The Morgan fingerprint density at radius 3 is 2.40 bits per heavy atom. The lowest BCUT2D eigenvalue weighted by molar-refractivity contribution is -0.0194. The van der Waals surface area contributed by atoms with E-state index in [2.05, 4.69) is 18.7 Å². The van der Waals surface area contributed by atoms with Gasteiger partial charge < -0.3 is 10.5 Å². The second kappa shape index (κ2) is 5.80. The zero-order valence-corrected chi connectivity index (χ0v) is 12.9. The van der Waals surface area contributed by atoms with Crippen LogP contribution in [0.15, 0.2) is 12.1 Å². The van der Waals surface area contributed by atoms with Gasteiger partial charge in [0.25, 0.3) is 0 Å². The Balaban J connectivity index is 2.32. The van der Waals surface area contributed by atoms with Gasteiger partial charge in [-0.2, -0.15) is 0 Å². The fourth-order valence-electron chi connectivity index (χ4n) is 3.01. The van der Waals surface area contributed by atoms with E-state index in [9.17, 15) is 4.39 Å². The zero-order valence-electron chi connectivity index (χ0n) is 12.9. The van der Waals surface area contributed by atoms with Crippen molar-refractivity contribution < 1.29 is 9.13 Å². The number of hydrogen-bond donors (Lipinski definition) is 1. The molecule has 1 heterocycles. The van der Waals surface area contributed by atoms with Crippen LogP contribution in [0.2, 0.25) is 0 Å². The molecule has 0 amide bonds. The summed E-state index contributed by atoms with van der Waals surface area (Å²) in [6, 6.07) is 3.20. The molecule has 1 aliphatic rings. The molecule has 112 valence electrons. The largest absolute Gasteiger partial charge is 0.379 e. The molecule has 20 heavy (non-hydrogen) atoms. The van der Waals surface area contributed by atoms with Gasteiger partial charge in [0.1, 0.15) is 5.82 Å².